The van der Waals surface area contributed by atoms with Crippen molar-refractivity contribution in [1.29, 1.82) is 0 Å². The van der Waals surface area contributed by atoms with Gasteiger partial charge in [0.15, 0.2) is 0 Å². The van der Waals surface area contributed by atoms with Gasteiger partial charge in [0.05, 0.1) is 5.69 Å². The van der Waals surface area contributed by atoms with E-state index in [1.165, 1.54) is 35.2 Å². The van der Waals surface area contributed by atoms with Crippen LogP contribution in [-0.4, -0.2) is 15.8 Å². The molecule has 1 N–H and O–H groups in total. The molecule has 2 aromatic rings. The Morgan fingerprint density at radius 2 is 2.10 bits per heavy atom. The molecule has 0 unspecified atom stereocenters. The van der Waals surface area contributed by atoms with Gasteiger partial charge in [0.1, 0.15) is 0 Å². The summed E-state index contributed by atoms with van der Waals surface area (Å²) in [5.41, 5.74) is 6.08. The predicted octanol–water partition coefficient (Wildman–Crippen LogP) is 4.09. The van der Waals surface area contributed by atoms with Crippen molar-refractivity contribution >= 4 is 11.6 Å². The summed E-state index contributed by atoms with van der Waals surface area (Å²) in [6.45, 7) is 8.13. The first kappa shape index (κ1) is 14.6. The fourth-order valence-corrected chi connectivity index (χ4v) is 3.08. The first-order chi connectivity index (χ1) is 10.1. The van der Waals surface area contributed by atoms with E-state index in [-0.39, 0.29) is 0 Å². The Morgan fingerprint density at radius 1 is 1.33 bits per heavy atom. The largest absolute Gasteiger partial charge is 0.310 e. The van der Waals surface area contributed by atoms with Gasteiger partial charge in [0.25, 0.3) is 0 Å². The van der Waals surface area contributed by atoms with Gasteiger partial charge in [0, 0.05) is 35.4 Å². The maximum atomic E-state index is 6.20. The van der Waals surface area contributed by atoms with E-state index in [1.54, 1.807) is 0 Å². The third-order valence-corrected chi connectivity index (χ3v) is 4.41. The molecule has 0 amide bonds. The summed E-state index contributed by atoms with van der Waals surface area (Å²) in [5.74, 6) is 0. The highest BCUT2D eigenvalue weighted by atomic mass is 35.5. The maximum absolute atomic E-state index is 6.20. The fraction of sp³-hybridized carbons (Fsp3) is 0.471. The lowest BCUT2D eigenvalue weighted by Crippen LogP contribution is -2.16. The molecule has 0 aliphatic heterocycles. The molecule has 1 aromatic carbocycles. The molecule has 1 heterocycles. The van der Waals surface area contributed by atoms with E-state index in [4.69, 9.17) is 11.6 Å². The van der Waals surface area contributed by atoms with Crippen LogP contribution in [0.5, 0.6) is 0 Å². The number of hydrogen-bond donors (Lipinski definition) is 1. The van der Waals surface area contributed by atoms with Crippen LogP contribution in [0.15, 0.2) is 18.2 Å². The highest BCUT2D eigenvalue weighted by Crippen LogP contribution is 2.32. The van der Waals surface area contributed by atoms with Crippen LogP contribution in [0.25, 0.3) is 11.1 Å². The Labute approximate surface area is 131 Å². The Hall–Kier alpha value is -1.32. The molecule has 1 aromatic heterocycles. The van der Waals surface area contributed by atoms with Crippen molar-refractivity contribution in [3.8, 4) is 11.1 Å². The summed E-state index contributed by atoms with van der Waals surface area (Å²) < 4.78 is 2.07. The first-order valence-corrected chi connectivity index (χ1v) is 8.04. The standard InChI is InChI=1S/C17H22ClN3/c1-4-21-12(3)17(11(2)20-21)16-8-5-14(18)9-13(16)10-19-15-6-7-15/h5,8-9,15,19H,4,6-7,10H2,1-3H3. The molecule has 21 heavy (non-hydrogen) atoms. The average molecular weight is 304 g/mol. The molecule has 1 aliphatic rings. The van der Waals surface area contributed by atoms with E-state index in [0.29, 0.717) is 6.04 Å². The molecule has 3 nitrogen and oxygen atoms in total. The fourth-order valence-electron chi connectivity index (χ4n) is 2.89. The molecule has 1 fully saturated rings. The second-order valence-corrected chi connectivity index (χ2v) is 6.25. The van der Waals surface area contributed by atoms with Gasteiger partial charge in [-0.15, -0.1) is 0 Å². The molecular weight excluding hydrogens is 282 g/mol. The van der Waals surface area contributed by atoms with E-state index in [2.05, 4.69) is 48.0 Å². The molecule has 0 bridgehead atoms. The lowest BCUT2D eigenvalue weighted by atomic mass is 9.98. The lowest BCUT2D eigenvalue weighted by molar-refractivity contribution is 0.634. The van der Waals surface area contributed by atoms with Gasteiger partial charge in [-0.2, -0.15) is 5.10 Å². The number of benzene rings is 1. The van der Waals surface area contributed by atoms with Gasteiger partial charge in [-0.25, -0.2) is 0 Å². The summed E-state index contributed by atoms with van der Waals surface area (Å²) in [6, 6.07) is 6.87. The second kappa shape index (κ2) is 5.82. The number of hydrogen-bond acceptors (Lipinski definition) is 2. The molecule has 0 radical (unpaired) electrons. The smallest absolute Gasteiger partial charge is 0.0675 e. The summed E-state index contributed by atoms with van der Waals surface area (Å²) in [5, 5.41) is 9.02. The van der Waals surface area contributed by atoms with Crippen LogP contribution < -0.4 is 5.32 Å². The first-order valence-electron chi connectivity index (χ1n) is 7.66. The predicted molar refractivity (Wildman–Crippen MR) is 87.7 cm³/mol. The Morgan fingerprint density at radius 3 is 2.71 bits per heavy atom. The van der Waals surface area contributed by atoms with Crippen molar-refractivity contribution in [3.63, 3.8) is 0 Å². The van der Waals surface area contributed by atoms with Crippen LogP contribution in [0.3, 0.4) is 0 Å². The van der Waals surface area contributed by atoms with Crippen molar-refractivity contribution < 1.29 is 0 Å². The summed E-state index contributed by atoms with van der Waals surface area (Å²) in [6.07, 6.45) is 2.59. The van der Waals surface area contributed by atoms with Gasteiger partial charge in [-0.3, -0.25) is 4.68 Å². The number of halogens is 1. The van der Waals surface area contributed by atoms with Crippen LogP contribution in [0.2, 0.25) is 5.02 Å². The molecule has 3 rings (SSSR count). The third-order valence-electron chi connectivity index (χ3n) is 4.18. The maximum Gasteiger partial charge on any atom is 0.0675 e. The summed E-state index contributed by atoms with van der Waals surface area (Å²) in [7, 11) is 0. The Kier molecular flexibility index (Phi) is 4.05. The molecule has 0 atom stereocenters. The number of nitrogens with one attached hydrogen (secondary N) is 1. The highest BCUT2D eigenvalue weighted by molar-refractivity contribution is 6.30. The third kappa shape index (κ3) is 2.99. The molecule has 4 heteroatoms. The Balaban J connectivity index is 2.02. The van der Waals surface area contributed by atoms with Gasteiger partial charge < -0.3 is 5.32 Å². The van der Waals surface area contributed by atoms with Crippen LogP contribution in [0.4, 0.5) is 0 Å². The van der Waals surface area contributed by atoms with E-state index in [9.17, 15) is 0 Å². The van der Waals surface area contributed by atoms with Gasteiger partial charge >= 0.3 is 0 Å². The Bertz CT molecular complexity index is 656. The minimum Gasteiger partial charge on any atom is -0.310 e. The molecule has 1 aliphatic carbocycles. The quantitative estimate of drug-likeness (QED) is 0.901. The van der Waals surface area contributed by atoms with E-state index < -0.39 is 0 Å². The van der Waals surface area contributed by atoms with Gasteiger partial charge in [0.2, 0.25) is 0 Å². The average Bonchev–Trinajstić information content (AvgIpc) is 3.24. The van der Waals surface area contributed by atoms with Crippen molar-refractivity contribution in [2.45, 2.75) is 52.7 Å². The van der Waals surface area contributed by atoms with Crippen molar-refractivity contribution in [3.05, 3.63) is 40.2 Å². The number of aryl methyl sites for hydroxylation is 2. The van der Waals surface area contributed by atoms with E-state index >= 15 is 0 Å². The SMILES string of the molecule is CCn1nc(C)c(-c2ccc(Cl)cc2CNC2CC2)c1C. The van der Waals surface area contributed by atoms with Crippen LogP contribution in [0, 0.1) is 13.8 Å². The molecule has 1 saturated carbocycles. The van der Waals surface area contributed by atoms with Crippen LogP contribution in [-0.2, 0) is 13.1 Å². The number of rotatable bonds is 5. The molecule has 0 saturated heterocycles. The monoisotopic (exact) mass is 303 g/mol. The summed E-state index contributed by atoms with van der Waals surface area (Å²) >= 11 is 6.20. The van der Waals surface area contributed by atoms with Crippen molar-refractivity contribution in [2.75, 3.05) is 0 Å². The van der Waals surface area contributed by atoms with Gasteiger partial charge in [-0.05, 0) is 56.9 Å². The highest BCUT2D eigenvalue weighted by Gasteiger charge is 2.21. The summed E-state index contributed by atoms with van der Waals surface area (Å²) in [4.78, 5) is 0. The number of aromatic nitrogens is 2. The van der Waals surface area contributed by atoms with Crippen LogP contribution in [0.1, 0.15) is 36.7 Å². The topological polar surface area (TPSA) is 29.9 Å². The molecular formula is C17H22ClN3. The van der Waals surface area contributed by atoms with Gasteiger partial charge in [-0.1, -0.05) is 17.7 Å². The zero-order chi connectivity index (χ0) is 15.0. The van der Waals surface area contributed by atoms with Crippen LogP contribution >= 0.6 is 11.6 Å². The zero-order valence-corrected chi connectivity index (χ0v) is 13.7. The number of nitrogens with zero attached hydrogens (tertiary/aromatic N) is 2. The second-order valence-electron chi connectivity index (χ2n) is 5.82. The molecule has 0 spiro atoms. The minimum absolute atomic E-state index is 0.692. The lowest BCUT2D eigenvalue weighted by Gasteiger charge is -2.12. The minimum atomic E-state index is 0.692. The molecule has 112 valence electrons. The normalized spacial score (nSPS) is 14.7. The van der Waals surface area contributed by atoms with E-state index in [0.717, 1.165) is 23.8 Å². The zero-order valence-electron chi connectivity index (χ0n) is 12.9. The van der Waals surface area contributed by atoms with E-state index in [1.807, 2.05) is 6.07 Å². The van der Waals surface area contributed by atoms with Crippen molar-refractivity contribution in [2.24, 2.45) is 0 Å². The van der Waals surface area contributed by atoms with Crippen molar-refractivity contribution in [1.82, 2.24) is 15.1 Å².